The first-order chi connectivity index (χ1) is 7.13. The second-order valence-electron chi connectivity index (χ2n) is 2.83. The second-order valence-corrected chi connectivity index (χ2v) is 3.26. The van der Waals surface area contributed by atoms with Crippen molar-refractivity contribution in [2.24, 2.45) is 5.11 Å². The van der Waals surface area contributed by atoms with Crippen molar-refractivity contribution in [3.8, 4) is 0 Å². The van der Waals surface area contributed by atoms with E-state index in [1.165, 1.54) is 13.0 Å². The minimum atomic E-state index is -0.275. The third-order valence-electron chi connectivity index (χ3n) is 1.69. The van der Waals surface area contributed by atoms with Gasteiger partial charge in [-0.2, -0.15) is 0 Å². The second kappa shape index (κ2) is 5.20. The number of carbonyl (C=O) groups is 1. The number of halogens is 1. The van der Waals surface area contributed by atoms with E-state index in [-0.39, 0.29) is 11.5 Å². The van der Waals surface area contributed by atoms with Gasteiger partial charge in [0.1, 0.15) is 0 Å². The lowest BCUT2D eigenvalue weighted by atomic mass is 10.1. The van der Waals surface area contributed by atoms with Crippen LogP contribution < -0.4 is 0 Å². The fourth-order valence-electron chi connectivity index (χ4n) is 0.966. The summed E-state index contributed by atoms with van der Waals surface area (Å²) < 4.78 is 0. The van der Waals surface area contributed by atoms with E-state index >= 15 is 0 Å². The number of benzene rings is 1. The summed E-state index contributed by atoms with van der Waals surface area (Å²) in [5.41, 5.74) is 9.10. The van der Waals surface area contributed by atoms with Gasteiger partial charge in [-0.05, 0) is 36.2 Å². The maximum atomic E-state index is 11.0. The summed E-state index contributed by atoms with van der Waals surface area (Å²) >= 11 is 5.70. The van der Waals surface area contributed by atoms with Crippen LogP contribution in [0.2, 0.25) is 5.02 Å². The van der Waals surface area contributed by atoms with Crippen LogP contribution in [-0.2, 0) is 4.79 Å². The van der Waals surface area contributed by atoms with Crippen molar-refractivity contribution in [1.29, 1.82) is 0 Å². The molecule has 0 aromatic heterocycles. The Kier molecular flexibility index (Phi) is 3.92. The maximum Gasteiger partial charge on any atom is 0.162 e. The molecule has 0 saturated heterocycles. The van der Waals surface area contributed by atoms with Crippen LogP contribution in [-0.4, -0.2) is 5.78 Å². The minimum Gasteiger partial charge on any atom is -0.295 e. The Balaban J connectivity index is 3.07. The average Bonchev–Trinajstić information content (AvgIpc) is 2.20. The van der Waals surface area contributed by atoms with E-state index < -0.39 is 0 Å². The number of ketones is 1. The molecule has 0 heterocycles. The van der Waals surface area contributed by atoms with Gasteiger partial charge >= 0.3 is 0 Å². The van der Waals surface area contributed by atoms with Gasteiger partial charge < -0.3 is 0 Å². The van der Waals surface area contributed by atoms with Crippen molar-refractivity contribution >= 4 is 23.5 Å². The van der Waals surface area contributed by atoms with Gasteiger partial charge in [0.15, 0.2) is 5.78 Å². The topological polar surface area (TPSA) is 65.8 Å². The van der Waals surface area contributed by atoms with E-state index in [9.17, 15) is 4.79 Å². The van der Waals surface area contributed by atoms with Gasteiger partial charge in [-0.3, -0.25) is 4.79 Å². The van der Waals surface area contributed by atoms with Crippen molar-refractivity contribution in [3.05, 3.63) is 51.0 Å². The highest BCUT2D eigenvalue weighted by molar-refractivity contribution is 6.30. The molecule has 0 aliphatic rings. The largest absolute Gasteiger partial charge is 0.295 e. The standard InChI is InChI=1S/C10H8ClN3O/c1-7(15)10(13-14-12)6-8-2-4-9(11)5-3-8/h2-6H,1H3/b10-6+. The molecule has 1 rings (SSSR count). The fourth-order valence-corrected chi connectivity index (χ4v) is 1.09. The van der Waals surface area contributed by atoms with E-state index in [1.54, 1.807) is 24.3 Å². The van der Waals surface area contributed by atoms with Gasteiger partial charge in [0.2, 0.25) is 0 Å². The Morgan fingerprint density at radius 3 is 2.53 bits per heavy atom. The SMILES string of the molecule is CC(=O)/C(=C\c1ccc(Cl)cc1)N=[N+]=[N-]. The summed E-state index contributed by atoms with van der Waals surface area (Å²) in [7, 11) is 0. The summed E-state index contributed by atoms with van der Waals surface area (Å²) in [5.74, 6) is -0.275. The monoisotopic (exact) mass is 221 g/mol. The van der Waals surface area contributed by atoms with E-state index in [0.29, 0.717) is 5.02 Å². The van der Waals surface area contributed by atoms with Gasteiger partial charge in [0.25, 0.3) is 0 Å². The zero-order valence-corrected chi connectivity index (χ0v) is 8.77. The predicted molar refractivity (Wildman–Crippen MR) is 59.3 cm³/mol. The number of rotatable bonds is 3. The van der Waals surface area contributed by atoms with Crippen LogP contribution in [0.15, 0.2) is 35.1 Å². The van der Waals surface area contributed by atoms with E-state index in [1.807, 2.05) is 0 Å². The van der Waals surface area contributed by atoms with Crippen molar-refractivity contribution < 1.29 is 4.79 Å². The molecule has 0 saturated carbocycles. The van der Waals surface area contributed by atoms with Gasteiger partial charge in [-0.25, -0.2) is 0 Å². The Bertz CT molecular complexity index is 440. The maximum absolute atomic E-state index is 11.0. The Morgan fingerprint density at radius 1 is 1.47 bits per heavy atom. The number of Topliss-reactive ketones (excluding diaryl/α,β-unsaturated/α-hetero) is 1. The summed E-state index contributed by atoms with van der Waals surface area (Å²) in [5, 5.41) is 3.91. The molecule has 4 nitrogen and oxygen atoms in total. The molecule has 1 aromatic rings. The first kappa shape index (κ1) is 11.3. The van der Waals surface area contributed by atoms with Crippen LogP contribution in [0.1, 0.15) is 12.5 Å². The van der Waals surface area contributed by atoms with Gasteiger partial charge in [-0.1, -0.05) is 28.8 Å². The quantitative estimate of drug-likeness (QED) is 0.333. The highest BCUT2D eigenvalue weighted by Gasteiger charge is 2.00. The molecule has 0 unspecified atom stereocenters. The highest BCUT2D eigenvalue weighted by Crippen LogP contribution is 2.13. The molecule has 0 amide bonds. The molecule has 0 radical (unpaired) electrons. The number of carbonyl (C=O) groups excluding carboxylic acids is 1. The Morgan fingerprint density at radius 2 is 2.07 bits per heavy atom. The van der Waals surface area contributed by atoms with Gasteiger partial charge in [0, 0.05) is 9.93 Å². The summed E-state index contributed by atoms with van der Waals surface area (Å²) in [4.78, 5) is 13.6. The molecular formula is C10H8ClN3O. The summed E-state index contributed by atoms with van der Waals surface area (Å²) in [6.07, 6.45) is 1.51. The van der Waals surface area contributed by atoms with Gasteiger partial charge in [0.05, 0.1) is 5.70 Å². The van der Waals surface area contributed by atoms with E-state index in [4.69, 9.17) is 17.1 Å². The third kappa shape index (κ3) is 3.46. The van der Waals surface area contributed by atoms with Crippen LogP contribution in [0.3, 0.4) is 0 Å². The number of nitrogens with zero attached hydrogens (tertiary/aromatic N) is 3. The minimum absolute atomic E-state index is 0.0832. The fraction of sp³-hybridized carbons (Fsp3) is 0.100. The lowest BCUT2D eigenvalue weighted by Gasteiger charge is -1.96. The zero-order chi connectivity index (χ0) is 11.3. The molecule has 0 fully saturated rings. The molecule has 0 spiro atoms. The molecule has 1 aromatic carbocycles. The van der Waals surface area contributed by atoms with Crippen molar-refractivity contribution in [1.82, 2.24) is 0 Å². The number of hydrogen-bond acceptors (Lipinski definition) is 2. The smallest absolute Gasteiger partial charge is 0.162 e. The molecule has 15 heavy (non-hydrogen) atoms. The van der Waals surface area contributed by atoms with Crippen molar-refractivity contribution in [3.63, 3.8) is 0 Å². The van der Waals surface area contributed by atoms with Crippen LogP contribution >= 0.6 is 11.6 Å². The van der Waals surface area contributed by atoms with Gasteiger partial charge in [-0.15, -0.1) is 0 Å². The molecule has 0 N–H and O–H groups in total. The number of azide groups is 1. The van der Waals surface area contributed by atoms with Crippen LogP contribution in [0.4, 0.5) is 0 Å². The Hall–Kier alpha value is -1.77. The first-order valence-corrected chi connectivity index (χ1v) is 4.54. The van der Waals surface area contributed by atoms with Crippen LogP contribution in [0.5, 0.6) is 0 Å². The van der Waals surface area contributed by atoms with Crippen molar-refractivity contribution in [2.75, 3.05) is 0 Å². The normalized spacial score (nSPS) is 10.7. The summed E-state index contributed by atoms with van der Waals surface area (Å²) in [6.45, 7) is 1.34. The molecule has 76 valence electrons. The lowest BCUT2D eigenvalue weighted by Crippen LogP contribution is -1.91. The molecule has 0 bridgehead atoms. The highest BCUT2D eigenvalue weighted by atomic mass is 35.5. The van der Waals surface area contributed by atoms with E-state index in [2.05, 4.69) is 10.0 Å². The molecule has 0 aliphatic heterocycles. The number of hydrogen-bond donors (Lipinski definition) is 0. The predicted octanol–water partition coefficient (Wildman–Crippen LogP) is 3.58. The summed E-state index contributed by atoms with van der Waals surface area (Å²) in [6, 6.07) is 6.86. The molecule has 0 atom stereocenters. The Labute approximate surface area is 91.8 Å². The lowest BCUT2D eigenvalue weighted by molar-refractivity contribution is -0.113. The molecule has 5 heteroatoms. The average molecular weight is 222 g/mol. The third-order valence-corrected chi connectivity index (χ3v) is 1.94. The van der Waals surface area contributed by atoms with Crippen LogP contribution in [0.25, 0.3) is 16.5 Å². The molecule has 0 aliphatic carbocycles. The molecular weight excluding hydrogens is 214 g/mol. The number of allylic oxidation sites excluding steroid dienone is 1. The van der Waals surface area contributed by atoms with Crippen molar-refractivity contribution in [2.45, 2.75) is 6.92 Å². The van der Waals surface area contributed by atoms with Crippen LogP contribution in [0, 0.1) is 0 Å². The zero-order valence-electron chi connectivity index (χ0n) is 8.01. The first-order valence-electron chi connectivity index (χ1n) is 4.17. The van der Waals surface area contributed by atoms with E-state index in [0.717, 1.165) is 5.56 Å².